The number of aromatic nitrogens is 1. The molecule has 0 saturated carbocycles. The van der Waals surface area contributed by atoms with Gasteiger partial charge in [0.25, 0.3) is 0 Å². The number of hydrogen-bond acceptors (Lipinski definition) is 4. The third-order valence-corrected chi connectivity index (χ3v) is 5.01. The molecule has 1 aromatic heterocycles. The van der Waals surface area contributed by atoms with E-state index in [2.05, 4.69) is 15.6 Å². The first-order valence-electron chi connectivity index (χ1n) is 9.08. The molecule has 2 heterocycles. The lowest BCUT2D eigenvalue weighted by Crippen LogP contribution is -2.56. The van der Waals surface area contributed by atoms with E-state index in [0.717, 1.165) is 11.4 Å². The van der Waals surface area contributed by atoms with Crippen molar-refractivity contribution in [1.29, 1.82) is 0 Å². The molecule has 148 valence electrons. The zero-order valence-corrected chi connectivity index (χ0v) is 16.3. The second kappa shape index (κ2) is 9.12. The van der Waals surface area contributed by atoms with Crippen LogP contribution in [0.15, 0.2) is 36.4 Å². The molecule has 0 aliphatic carbocycles. The van der Waals surface area contributed by atoms with Gasteiger partial charge >= 0.3 is 0 Å². The Morgan fingerprint density at radius 2 is 2.14 bits per heavy atom. The van der Waals surface area contributed by atoms with Crippen LogP contribution in [-0.2, 0) is 22.7 Å². The molecule has 1 aliphatic heterocycles. The van der Waals surface area contributed by atoms with Crippen molar-refractivity contribution in [2.75, 3.05) is 13.1 Å². The zero-order chi connectivity index (χ0) is 20.1. The fourth-order valence-electron chi connectivity index (χ4n) is 3.19. The normalized spacial score (nSPS) is 17.2. The van der Waals surface area contributed by atoms with Crippen LogP contribution in [-0.4, -0.2) is 40.8 Å². The Morgan fingerprint density at radius 1 is 1.36 bits per heavy atom. The lowest BCUT2D eigenvalue weighted by molar-refractivity contribution is -0.134. The first kappa shape index (κ1) is 20.2. The Labute approximate surface area is 168 Å². The van der Waals surface area contributed by atoms with Gasteiger partial charge < -0.3 is 10.6 Å². The van der Waals surface area contributed by atoms with Gasteiger partial charge in [0.05, 0.1) is 24.7 Å². The Morgan fingerprint density at radius 3 is 2.89 bits per heavy atom. The molecule has 1 saturated heterocycles. The maximum absolute atomic E-state index is 14.1. The van der Waals surface area contributed by atoms with Crippen molar-refractivity contribution < 1.29 is 14.0 Å². The summed E-state index contributed by atoms with van der Waals surface area (Å²) < 4.78 is 14.1. The number of nitrogens with one attached hydrogen (secondary N) is 2. The number of carbonyl (C=O) groups excluding carboxylic acids is 2. The van der Waals surface area contributed by atoms with Crippen LogP contribution in [0, 0.1) is 12.7 Å². The minimum absolute atomic E-state index is 0.0241. The van der Waals surface area contributed by atoms with Crippen molar-refractivity contribution in [2.24, 2.45) is 0 Å². The van der Waals surface area contributed by atoms with E-state index in [9.17, 15) is 14.0 Å². The standard InChI is InChI=1S/C20H22ClFN4O2/c1-13-4-2-5-14(25-13)11-24-19(27)10-18-20(28)23-8-9-26(18)12-15-16(21)6-3-7-17(15)22/h2-7,18H,8-12H2,1H3,(H,23,28)(H,24,27). The Kier molecular flexibility index (Phi) is 6.59. The van der Waals surface area contributed by atoms with Crippen molar-refractivity contribution in [2.45, 2.75) is 32.5 Å². The van der Waals surface area contributed by atoms with Crippen LogP contribution < -0.4 is 10.6 Å². The quantitative estimate of drug-likeness (QED) is 0.774. The summed E-state index contributed by atoms with van der Waals surface area (Å²) in [5.74, 6) is -0.940. The fraction of sp³-hybridized carbons (Fsp3) is 0.350. The topological polar surface area (TPSA) is 74.3 Å². The van der Waals surface area contributed by atoms with Crippen LogP contribution in [0.4, 0.5) is 4.39 Å². The van der Waals surface area contributed by atoms with Crippen LogP contribution in [0.1, 0.15) is 23.4 Å². The summed E-state index contributed by atoms with van der Waals surface area (Å²) in [4.78, 5) is 30.9. The van der Waals surface area contributed by atoms with E-state index in [1.807, 2.05) is 25.1 Å². The van der Waals surface area contributed by atoms with Crippen molar-refractivity contribution >= 4 is 23.4 Å². The number of nitrogens with zero attached hydrogens (tertiary/aromatic N) is 2. The maximum atomic E-state index is 14.1. The van der Waals surface area contributed by atoms with Crippen LogP contribution >= 0.6 is 11.6 Å². The predicted octanol–water partition coefficient (Wildman–Crippen LogP) is 2.19. The molecule has 1 atom stereocenters. The van der Waals surface area contributed by atoms with Gasteiger partial charge in [-0.05, 0) is 31.2 Å². The van der Waals surface area contributed by atoms with Crippen molar-refractivity contribution in [3.05, 3.63) is 64.2 Å². The number of aryl methyl sites for hydroxylation is 1. The molecule has 1 aliphatic rings. The van der Waals surface area contributed by atoms with Crippen LogP contribution in [0.25, 0.3) is 0 Å². The molecule has 1 fully saturated rings. The van der Waals surface area contributed by atoms with Crippen molar-refractivity contribution in [3.63, 3.8) is 0 Å². The molecule has 0 bridgehead atoms. The number of rotatable bonds is 6. The van der Waals surface area contributed by atoms with E-state index < -0.39 is 11.9 Å². The minimum Gasteiger partial charge on any atom is -0.353 e. The molecule has 8 heteroatoms. The SMILES string of the molecule is Cc1cccc(CNC(=O)CC2C(=O)NCCN2Cc2c(F)cccc2Cl)n1. The van der Waals surface area contributed by atoms with Gasteiger partial charge in [-0.3, -0.25) is 19.5 Å². The fourth-order valence-corrected chi connectivity index (χ4v) is 3.42. The first-order valence-corrected chi connectivity index (χ1v) is 9.45. The summed E-state index contributed by atoms with van der Waals surface area (Å²) in [5, 5.41) is 5.86. The van der Waals surface area contributed by atoms with Gasteiger partial charge in [-0.1, -0.05) is 23.7 Å². The lowest BCUT2D eigenvalue weighted by atomic mass is 10.1. The van der Waals surface area contributed by atoms with Crippen LogP contribution in [0.5, 0.6) is 0 Å². The van der Waals surface area contributed by atoms with Gasteiger partial charge in [0.2, 0.25) is 11.8 Å². The summed E-state index contributed by atoms with van der Waals surface area (Å²) in [6, 6.07) is 9.38. The number of halogens is 2. The van der Waals surface area contributed by atoms with Crippen molar-refractivity contribution in [1.82, 2.24) is 20.5 Å². The van der Waals surface area contributed by atoms with E-state index in [1.54, 1.807) is 11.0 Å². The van der Waals surface area contributed by atoms with Crippen molar-refractivity contribution in [3.8, 4) is 0 Å². The van der Waals surface area contributed by atoms with Gasteiger partial charge in [-0.2, -0.15) is 0 Å². The highest BCUT2D eigenvalue weighted by atomic mass is 35.5. The van der Waals surface area contributed by atoms with E-state index in [1.165, 1.54) is 12.1 Å². The monoisotopic (exact) mass is 404 g/mol. The molecule has 0 spiro atoms. The van der Waals surface area contributed by atoms with Crippen LogP contribution in [0.3, 0.4) is 0 Å². The number of benzene rings is 1. The molecule has 3 rings (SSSR count). The average Bonchev–Trinajstić information content (AvgIpc) is 2.66. The van der Waals surface area contributed by atoms with Crippen LogP contribution in [0.2, 0.25) is 5.02 Å². The maximum Gasteiger partial charge on any atom is 0.237 e. The number of carbonyl (C=O) groups is 2. The van der Waals surface area contributed by atoms with E-state index in [-0.39, 0.29) is 31.3 Å². The third-order valence-electron chi connectivity index (χ3n) is 4.66. The molecular formula is C20H22ClFN4O2. The summed E-state index contributed by atoms with van der Waals surface area (Å²) >= 11 is 6.12. The van der Waals surface area contributed by atoms with Gasteiger partial charge in [0, 0.05) is 35.9 Å². The Bertz CT molecular complexity index is 857. The molecule has 2 N–H and O–H groups in total. The molecule has 6 nitrogen and oxygen atoms in total. The number of hydrogen-bond donors (Lipinski definition) is 2. The highest BCUT2D eigenvalue weighted by molar-refractivity contribution is 6.31. The lowest BCUT2D eigenvalue weighted by Gasteiger charge is -2.35. The summed E-state index contributed by atoms with van der Waals surface area (Å²) in [5.41, 5.74) is 1.94. The summed E-state index contributed by atoms with van der Waals surface area (Å²) in [6.45, 7) is 3.28. The van der Waals surface area contributed by atoms with Gasteiger partial charge in [-0.25, -0.2) is 4.39 Å². The summed E-state index contributed by atoms with van der Waals surface area (Å²) in [7, 11) is 0. The number of piperazine rings is 1. The molecule has 2 aromatic rings. The molecule has 1 unspecified atom stereocenters. The Balaban J connectivity index is 1.65. The second-order valence-electron chi connectivity index (χ2n) is 6.73. The van der Waals surface area contributed by atoms with E-state index >= 15 is 0 Å². The predicted molar refractivity (Wildman–Crippen MR) is 104 cm³/mol. The van der Waals surface area contributed by atoms with Gasteiger partial charge in [0.1, 0.15) is 5.82 Å². The number of amides is 2. The largest absolute Gasteiger partial charge is 0.353 e. The van der Waals surface area contributed by atoms with E-state index in [0.29, 0.717) is 23.7 Å². The molecule has 2 amide bonds. The van der Waals surface area contributed by atoms with Gasteiger partial charge in [-0.15, -0.1) is 0 Å². The second-order valence-corrected chi connectivity index (χ2v) is 7.14. The third kappa shape index (κ3) is 5.05. The highest BCUT2D eigenvalue weighted by Gasteiger charge is 2.32. The number of pyridine rings is 1. The molecular weight excluding hydrogens is 383 g/mol. The first-order chi connectivity index (χ1) is 13.4. The zero-order valence-electron chi connectivity index (χ0n) is 15.5. The van der Waals surface area contributed by atoms with Gasteiger partial charge in [0.15, 0.2) is 0 Å². The Hall–Kier alpha value is -2.51. The van der Waals surface area contributed by atoms with E-state index in [4.69, 9.17) is 11.6 Å². The average molecular weight is 405 g/mol. The molecule has 0 radical (unpaired) electrons. The highest BCUT2D eigenvalue weighted by Crippen LogP contribution is 2.23. The summed E-state index contributed by atoms with van der Waals surface area (Å²) in [6.07, 6.45) is -0.0241. The minimum atomic E-state index is -0.685. The smallest absolute Gasteiger partial charge is 0.237 e. The molecule has 1 aromatic carbocycles. The molecule has 28 heavy (non-hydrogen) atoms.